The maximum Gasteiger partial charge on any atom is 0.234 e. The van der Waals surface area contributed by atoms with Crippen molar-refractivity contribution in [3.8, 4) is 0 Å². The van der Waals surface area contributed by atoms with Gasteiger partial charge in [0, 0.05) is 4.47 Å². The zero-order chi connectivity index (χ0) is 15.6. The molecule has 0 aromatic heterocycles. The highest BCUT2D eigenvalue weighted by atomic mass is 79.9. The van der Waals surface area contributed by atoms with Crippen LogP contribution in [0.15, 0.2) is 46.9 Å². The molecule has 0 spiro atoms. The van der Waals surface area contributed by atoms with Gasteiger partial charge in [-0.05, 0) is 66.4 Å². The molecule has 21 heavy (non-hydrogen) atoms. The van der Waals surface area contributed by atoms with E-state index in [9.17, 15) is 4.79 Å². The predicted octanol–water partition coefficient (Wildman–Crippen LogP) is 4.98. The summed E-state index contributed by atoms with van der Waals surface area (Å²) in [6, 6.07) is 13.9. The van der Waals surface area contributed by atoms with Crippen molar-refractivity contribution >= 4 is 27.5 Å². The van der Waals surface area contributed by atoms with Gasteiger partial charge in [-0.3, -0.25) is 4.79 Å². The normalized spacial score (nSPS) is 11.3. The third-order valence-electron chi connectivity index (χ3n) is 3.73. The van der Waals surface area contributed by atoms with Crippen LogP contribution < -0.4 is 5.32 Å². The Morgan fingerprint density at radius 2 is 1.71 bits per heavy atom. The van der Waals surface area contributed by atoms with Crippen molar-refractivity contribution in [3.63, 3.8) is 0 Å². The summed E-state index contributed by atoms with van der Waals surface area (Å²) in [7, 11) is 0. The number of carbonyl (C=O) groups is 1. The highest BCUT2D eigenvalue weighted by molar-refractivity contribution is 9.10. The van der Waals surface area contributed by atoms with Gasteiger partial charge in [-0.25, -0.2) is 0 Å². The van der Waals surface area contributed by atoms with Crippen molar-refractivity contribution in [1.82, 2.24) is 0 Å². The van der Waals surface area contributed by atoms with E-state index in [-0.39, 0.29) is 5.91 Å². The van der Waals surface area contributed by atoms with E-state index in [2.05, 4.69) is 27.3 Å². The van der Waals surface area contributed by atoms with Gasteiger partial charge >= 0.3 is 0 Å². The van der Waals surface area contributed by atoms with E-state index in [4.69, 9.17) is 0 Å². The smallest absolute Gasteiger partial charge is 0.234 e. The highest BCUT2D eigenvalue weighted by Gasteiger charge is 2.30. The number of hydrogen-bond donors (Lipinski definition) is 1. The van der Waals surface area contributed by atoms with Crippen molar-refractivity contribution in [2.24, 2.45) is 0 Å². The molecular weight excluding hydrogens is 326 g/mol. The fourth-order valence-electron chi connectivity index (χ4n) is 2.33. The number of halogens is 1. The highest BCUT2D eigenvalue weighted by Crippen LogP contribution is 2.31. The van der Waals surface area contributed by atoms with Gasteiger partial charge in [-0.1, -0.05) is 36.4 Å². The molecule has 1 amide bonds. The molecule has 0 aliphatic heterocycles. The molecule has 0 saturated carbocycles. The Morgan fingerprint density at radius 1 is 1.10 bits per heavy atom. The lowest BCUT2D eigenvalue weighted by atomic mass is 9.83. The number of amides is 1. The second-order valence-electron chi connectivity index (χ2n) is 5.88. The van der Waals surface area contributed by atoms with E-state index in [1.54, 1.807) is 0 Å². The van der Waals surface area contributed by atoms with Gasteiger partial charge in [0.2, 0.25) is 5.91 Å². The second-order valence-corrected chi connectivity index (χ2v) is 6.74. The van der Waals surface area contributed by atoms with Crippen LogP contribution in [-0.4, -0.2) is 5.91 Å². The Hall–Kier alpha value is -1.61. The molecule has 2 aromatic carbocycles. The maximum atomic E-state index is 12.7. The van der Waals surface area contributed by atoms with Gasteiger partial charge < -0.3 is 5.32 Å². The number of carbonyl (C=O) groups excluding carboxylic acids is 1. The van der Waals surface area contributed by atoms with Crippen molar-refractivity contribution in [2.45, 2.75) is 33.1 Å². The molecule has 0 bridgehead atoms. The Kier molecular flexibility index (Phi) is 4.52. The molecular formula is C18H20BrNO. The minimum absolute atomic E-state index is 0.0126. The van der Waals surface area contributed by atoms with Crippen molar-refractivity contribution in [2.75, 3.05) is 5.32 Å². The zero-order valence-corrected chi connectivity index (χ0v) is 14.4. The molecule has 0 radical (unpaired) electrons. The minimum atomic E-state index is -0.585. The van der Waals surface area contributed by atoms with Crippen molar-refractivity contribution in [3.05, 3.63) is 63.6 Å². The van der Waals surface area contributed by atoms with E-state index in [0.717, 1.165) is 21.3 Å². The number of hydrogen-bond acceptors (Lipinski definition) is 1. The molecule has 2 rings (SSSR count). The first-order valence-corrected chi connectivity index (χ1v) is 7.75. The lowest BCUT2D eigenvalue weighted by molar-refractivity contribution is -0.120. The van der Waals surface area contributed by atoms with Crippen LogP contribution in [0.1, 0.15) is 30.5 Å². The van der Waals surface area contributed by atoms with Gasteiger partial charge in [-0.15, -0.1) is 0 Å². The van der Waals surface area contributed by atoms with Crippen LogP contribution in [0.4, 0.5) is 5.69 Å². The summed E-state index contributed by atoms with van der Waals surface area (Å²) in [6.45, 7) is 7.92. The lowest BCUT2D eigenvalue weighted by Crippen LogP contribution is -2.35. The molecule has 2 aromatic rings. The Morgan fingerprint density at radius 3 is 2.29 bits per heavy atom. The fourth-order valence-corrected chi connectivity index (χ4v) is 3.10. The van der Waals surface area contributed by atoms with E-state index in [1.807, 2.05) is 64.1 Å². The topological polar surface area (TPSA) is 29.1 Å². The lowest BCUT2D eigenvalue weighted by Gasteiger charge is -2.25. The van der Waals surface area contributed by atoms with Gasteiger partial charge in [0.25, 0.3) is 0 Å². The van der Waals surface area contributed by atoms with E-state index in [0.29, 0.717) is 0 Å². The summed E-state index contributed by atoms with van der Waals surface area (Å²) in [5.41, 5.74) is 3.48. The second kappa shape index (κ2) is 6.02. The van der Waals surface area contributed by atoms with Gasteiger partial charge in [0.1, 0.15) is 0 Å². The first kappa shape index (κ1) is 15.8. The Balaban J connectivity index is 2.30. The molecule has 3 heteroatoms. The molecule has 0 aliphatic carbocycles. The molecule has 0 unspecified atom stereocenters. The van der Waals surface area contributed by atoms with E-state index < -0.39 is 5.41 Å². The molecule has 0 atom stereocenters. The largest absolute Gasteiger partial charge is 0.324 e. The quantitative estimate of drug-likeness (QED) is 0.834. The predicted molar refractivity (Wildman–Crippen MR) is 91.7 cm³/mol. The number of nitrogens with one attached hydrogen (secondary N) is 1. The van der Waals surface area contributed by atoms with Gasteiger partial charge in [-0.2, -0.15) is 0 Å². The average molecular weight is 346 g/mol. The number of aryl methyl sites for hydroxylation is 2. The van der Waals surface area contributed by atoms with Crippen LogP contribution in [0.3, 0.4) is 0 Å². The number of rotatable bonds is 3. The molecule has 0 heterocycles. The third kappa shape index (κ3) is 3.35. The maximum absolute atomic E-state index is 12.7. The minimum Gasteiger partial charge on any atom is -0.324 e. The number of anilines is 1. The van der Waals surface area contributed by atoms with Gasteiger partial charge in [0.05, 0.1) is 11.1 Å². The van der Waals surface area contributed by atoms with Crippen LogP contribution in [0, 0.1) is 13.8 Å². The molecule has 2 nitrogen and oxygen atoms in total. The molecule has 0 aliphatic rings. The first-order chi connectivity index (χ1) is 9.82. The van der Waals surface area contributed by atoms with Crippen LogP contribution in [0.2, 0.25) is 0 Å². The van der Waals surface area contributed by atoms with E-state index in [1.165, 1.54) is 5.56 Å². The summed E-state index contributed by atoms with van der Waals surface area (Å²) in [6.07, 6.45) is 0. The van der Waals surface area contributed by atoms with Gasteiger partial charge in [0.15, 0.2) is 0 Å². The van der Waals surface area contributed by atoms with E-state index >= 15 is 0 Å². The molecule has 110 valence electrons. The summed E-state index contributed by atoms with van der Waals surface area (Å²) < 4.78 is 0.914. The SMILES string of the molecule is Cc1cc(C)c(NC(=O)C(C)(C)c2ccccc2)c(Br)c1. The molecule has 0 saturated heterocycles. The monoisotopic (exact) mass is 345 g/mol. The summed E-state index contributed by atoms with van der Waals surface area (Å²) in [5.74, 6) is -0.0126. The van der Waals surface area contributed by atoms with Crippen LogP contribution in [0.5, 0.6) is 0 Å². The summed E-state index contributed by atoms with van der Waals surface area (Å²) in [4.78, 5) is 12.7. The summed E-state index contributed by atoms with van der Waals surface area (Å²) >= 11 is 3.53. The molecule has 0 fully saturated rings. The third-order valence-corrected chi connectivity index (χ3v) is 4.36. The van der Waals surface area contributed by atoms with Crippen LogP contribution in [-0.2, 0) is 10.2 Å². The standard InChI is InChI=1S/C18H20BrNO/c1-12-10-13(2)16(15(19)11-12)20-17(21)18(3,4)14-8-6-5-7-9-14/h5-11H,1-4H3,(H,20,21). The Bertz CT molecular complexity index is 639. The number of benzene rings is 2. The average Bonchev–Trinajstić information content (AvgIpc) is 2.43. The van der Waals surface area contributed by atoms with Crippen molar-refractivity contribution in [1.29, 1.82) is 0 Å². The fraction of sp³-hybridized carbons (Fsp3) is 0.278. The van der Waals surface area contributed by atoms with Crippen LogP contribution >= 0.6 is 15.9 Å². The first-order valence-electron chi connectivity index (χ1n) is 6.96. The van der Waals surface area contributed by atoms with Crippen molar-refractivity contribution < 1.29 is 4.79 Å². The zero-order valence-electron chi connectivity index (χ0n) is 12.8. The Labute approximate surface area is 134 Å². The van der Waals surface area contributed by atoms with Crippen LogP contribution in [0.25, 0.3) is 0 Å². The molecule has 1 N–H and O–H groups in total. The summed E-state index contributed by atoms with van der Waals surface area (Å²) in [5, 5.41) is 3.06.